The first-order valence-electron chi connectivity index (χ1n) is 8.51. The highest BCUT2D eigenvalue weighted by atomic mass is 16.8. The largest absolute Gasteiger partial charge is 0.864 e. The number of benzene rings is 3. The molecule has 3 aromatic rings. The predicted octanol–water partition coefficient (Wildman–Crippen LogP) is 4.55. The highest BCUT2D eigenvalue weighted by molar-refractivity contribution is 6.41. The number of rotatable bonds is 4. The Bertz CT molecular complexity index is 879. The molecular weight excluding hydrogens is 327 g/mol. The molecule has 1 N–H and O–H groups in total. The molecule has 3 aromatic carbocycles. The second-order valence-corrected chi connectivity index (χ2v) is 6.79. The van der Waals surface area contributed by atoms with Gasteiger partial charge in [-0.25, -0.2) is 0 Å². The summed E-state index contributed by atoms with van der Waals surface area (Å²) >= 11 is 0. The lowest BCUT2D eigenvalue weighted by Gasteiger charge is -2.26. The van der Waals surface area contributed by atoms with Crippen molar-refractivity contribution in [2.45, 2.75) is 19.3 Å². The third-order valence-corrected chi connectivity index (χ3v) is 4.69. The van der Waals surface area contributed by atoms with Gasteiger partial charge < -0.3 is 19.1 Å². The Morgan fingerprint density at radius 1 is 0.769 bits per heavy atom. The zero-order valence-electron chi connectivity index (χ0n) is 14.7. The van der Waals surface area contributed by atoms with Crippen molar-refractivity contribution in [1.82, 2.24) is 0 Å². The Labute approximate surface area is 153 Å². The molecule has 0 bridgehead atoms. The lowest BCUT2D eigenvalue weighted by Crippen LogP contribution is -2.32. The van der Waals surface area contributed by atoms with Crippen molar-refractivity contribution in [3.63, 3.8) is 0 Å². The van der Waals surface area contributed by atoms with Crippen molar-refractivity contribution in [2.24, 2.45) is 0 Å². The molecule has 1 heterocycles. The second kappa shape index (κ2) is 6.34. The molecule has 26 heavy (non-hydrogen) atoms. The van der Waals surface area contributed by atoms with Crippen LogP contribution < -0.4 is 14.0 Å². The van der Waals surface area contributed by atoms with Gasteiger partial charge in [-0.05, 0) is 47.5 Å². The van der Waals surface area contributed by atoms with E-state index in [9.17, 15) is 5.11 Å². The van der Waals surface area contributed by atoms with Gasteiger partial charge in [-0.15, -0.1) is 0 Å². The third-order valence-electron chi connectivity index (χ3n) is 4.69. The molecule has 0 aliphatic carbocycles. The van der Waals surface area contributed by atoms with Crippen molar-refractivity contribution in [1.29, 1.82) is 0 Å². The molecule has 1 aliphatic rings. The number of phenols is 1. The third kappa shape index (κ3) is 3.08. The number of hydrogen-bond donors (Lipinski definition) is 1. The van der Waals surface area contributed by atoms with Gasteiger partial charge in [0.1, 0.15) is 23.0 Å². The van der Waals surface area contributed by atoms with Crippen LogP contribution in [0.15, 0.2) is 72.8 Å². The van der Waals surface area contributed by atoms with Crippen LogP contribution in [0.5, 0.6) is 23.0 Å². The minimum absolute atomic E-state index is 0.192. The smallest absolute Gasteiger partial charge is 0.508 e. The fourth-order valence-corrected chi connectivity index (χ4v) is 3.03. The average molecular weight is 346 g/mol. The highest BCUT2D eigenvalue weighted by Crippen LogP contribution is 2.35. The molecule has 130 valence electrons. The Hall–Kier alpha value is -3.08. The maximum absolute atomic E-state index is 9.49. The number of phenolic OH excluding ortho intramolecular Hbond substituents is 1. The standard InChI is InChI=1S/C21H19BO4/c1-21(2,15-7-11-17(23)12-8-15)16-9-13-18(14-10-16)24-22-25-19-5-3-4-6-20(19)26-22/h3-14,23H,1-2H3. The Balaban J connectivity index is 1.48. The van der Waals surface area contributed by atoms with Crippen molar-refractivity contribution < 1.29 is 19.1 Å². The number of aromatic hydroxyl groups is 1. The zero-order chi connectivity index (χ0) is 18.1. The molecule has 4 nitrogen and oxygen atoms in total. The van der Waals surface area contributed by atoms with Crippen LogP contribution in [-0.4, -0.2) is 12.4 Å². The summed E-state index contributed by atoms with van der Waals surface area (Å²) in [5.74, 6) is 2.31. The summed E-state index contributed by atoms with van der Waals surface area (Å²) in [6.07, 6.45) is 0. The van der Waals surface area contributed by atoms with Gasteiger partial charge in [0.15, 0.2) is 0 Å². The first-order chi connectivity index (χ1) is 12.5. The van der Waals surface area contributed by atoms with E-state index >= 15 is 0 Å². The highest BCUT2D eigenvalue weighted by Gasteiger charge is 2.37. The molecule has 0 saturated heterocycles. The van der Waals surface area contributed by atoms with E-state index in [0.29, 0.717) is 17.2 Å². The van der Waals surface area contributed by atoms with Gasteiger partial charge in [-0.2, -0.15) is 0 Å². The summed E-state index contributed by atoms with van der Waals surface area (Å²) in [6, 6.07) is 22.7. The SMILES string of the molecule is CC(C)(c1ccc(O)cc1)c1ccc(OB2Oc3ccccc3O2)cc1. The molecule has 1 aliphatic heterocycles. The molecule has 4 rings (SSSR count). The quantitative estimate of drug-likeness (QED) is 0.704. The van der Waals surface area contributed by atoms with Gasteiger partial charge in [0.25, 0.3) is 0 Å². The van der Waals surface area contributed by atoms with E-state index in [4.69, 9.17) is 14.0 Å². The molecule has 0 amide bonds. The number of hydrogen-bond acceptors (Lipinski definition) is 4. The average Bonchev–Trinajstić information content (AvgIpc) is 3.05. The molecular formula is C21H19BO4. The van der Waals surface area contributed by atoms with Crippen LogP contribution in [-0.2, 0) is 5.41 Å². The number of fused-ring (bicyclic) bond motifs is 1. The lowest BCUT2D eigenvalue weighted by molar-refractivity contribution is 0.351. The van der Waals surface area contributed by atoms with Crippen molar-refractivity contribution >= 4 is 7.32 Å². The normalized spacial score (nSPS) is 12.9. The maximum atomic E-state index is 9.49. The molecule has 0 atom stereocenters. The minimum atomic E-state index is -0.775. The fraction of sp³-hybridized carbons (Fsp3) is 0.143. The van der Waals surface area contributed by atoms with Gasteiger partial charge in [-0.3, -0.25) is 0 Å². The van der Waals surface area contributed by atoms with Crippen LogP contribution in [0.1, 0.15) is 25.0 Å². The zero-order valence-corrected chi connectivity index (χ0v) is 14.7. The van der Waals surface area contributed by atoms with Crippen LogP contribution in [0.3, 0.4) is 0 Å². The van der Waals surface area contributed by atoms with Crippen LogP contribution in [0, 0.1) is 0 Å². The van der Waals surface area contributed by atoms with Crippen molar-refractivity contribution in [2.75, 3.05) is 0 Å². The Kier molecular flexibility index (Phi) is 4.00. The first-order valence-corrected chi connectivity index (χ1v) is 8.51. The molecule has 0 unspecified atom stereocenters. The van der Waals surface area contributed by atoms with Gasteiger partial charge >= 0.3 is 7.32 Å². The summed E-state index contributed by atoms with van der Waals surface area (Å²) in [5, 5.41) is 9.49. The number of para-hydroxylation sites is 2. The Morgan fingerprint density at radius 3 is 1.81 bits per heavy atom. The molecule has 0 aromatic heterocycles. The molecule has 0 spiro atoms. The second-order valence-electron chi connectivity index (χ2n) is 6.79. The van der Waals surface area contributed by atoms with E-state index in [2.05, 4.69) is 13.8 Å². The minimum Gasteiger partial charge on any atom is -0.508 e. The van der Waals surface area contributed by atoms with E-state index in [1.54, 1.807) is 12.1 Å². The van der Waals surface area contributed by atoms with Crippen molar-refractivity contribution in [3.05, 3.63) is 83.9 Å². The van der Waals surface area contributed by atoms with Gasteiger partial charge in [0, 0.05) is 5.41 Å². The molecule has 0 radical (unpaired) electrons. The summed E-state index contributed by atoms with van der Waals surface area (Å²) in [4.78, 5) is 0. The van der Waals surface area contributed by atoms with Gasteiger partial charge in [-0.1, -0.05) is 50.2 Å². The van der Waals surface area contributed by atoms with Crippen LogP contribution in [0.2, 0.25) is 0 Å². The van der Waals surface area contributed by atoms with Gasteiger partial charge in [0.05, 0.1) is 0 Å². The van der Waals surface area contributed by atoms with Crippen molar-refractivity contribution in [3.8, 4) is 23.0 Å². The van der Waals surface area contributed by atoms with Crippen LogP contribution >= 0.6 is 0 Å². The lowest BCUT2D eigenvalue weighted by atomic mass is 9.78. The first kappa shape index (κ1) is 16.4. The Morgan fingerprint density at radius 2 is 1.27 bits per heavy atom. The van der Waals surface area contributed by atoms with Gasteiger partial charge in [0.2, 0.25) is 0 Å². The summed E-state index contributed by atoms with van der Waals surface area (Å²) in [5.41, 5.74) is 2.08. The van der Waals surface area contributed by atoms with Crippen LogP contribution in [0.25, 0.3) is 0 Å². The van der Waals surface area contributed by atoms with E-state index in [1.165, 1.54) is 0 Å². The van der Waals surface area contributed by atoms with E-state index < -0.39 is 7.32 Å². The fourth-order valence-electron chi connectivity index (χ4n) is 3.03. The van der Waals surface area contributed by atoms with E-state index in [0.717, 1.165) is 11.1 Å². The maximum Gasteiger partial charge on any atom is 0.864 e. The topological polar surface area (TPSA) is 47.9 Å². The van der Waals surface area contributed by atoms with E-state index in [-0.39, 0.29) is 11.2 Å². The molecule has 0 saturated carbocycles. The summed E-state index contributed by atoms with van der Waals surface area (Å²) in [6.45, 7) is 4.30. The monoisotopic (exact) mass is 346 g/mol. The summed E-state index contributed by atoms with van der Waals surface area (Å²) in [7, 11) is -0.775. The van der Waals surface area contributed by atoms with Crippen LogP contribution in [0.4, 0.5) is 0 Å². The molecule has 5 heteroatoms. The predicted molar refractivity (Wildman–Crippen MR) is 101 cm³/mol. The molecule has 0 fully saturated rings. The summed E-state index contributed by atoms with van der Waals surface area (Å²) < 4.78 is 17.0. The van der Waals surface area contributed by atoms with E-state index in [1.807, 2.05) is 60.7 Å².